The molecule has 0 saturated carbocycles. The Bertz CT molecular complexity index is 867. The molecule has 148 valence electrons. The Morgan fingerprint density at radius 3 is 2.86 bits per heavy atom. The maximum atomic E-state index is 6.14. The lowest BCUT2D eigenvalue weighted by Crippen LogP contribution is -2.42. The molecule has 1 aliphatic heterocycles. The fourth-order valence-corrected chi connectivity index (χ4v) is 3.49. The quantitative estimate of drug-likeness (QED) is 0.536. The number of hydrogen-bond donors (Lipinski definition) is 2. The van der Waals surface area contributed by atoms with E-state index in [1.54, 1.807) is 13.2 Å². The molecule has 0 fully saturated rings. The molecular formula is C22H26N2O3S. The standard InChI is InChI=1S/C22H26N2O3S/c1-5-11-26-17-8-6-7-15(12-17)23-21(28)24-19-14-22(2,3)27-20-13-16(25-4)9-10-18(19)20/h5-10,12-13,19H,1,11,14H2,2-4H3,(H2,23,24,28)/t19-/m0/s1. The summed E-state index contributed by atoms with van der Waals surface area (Å²) in [6.45, 7) is 8.27. The number of ether oxygens (including phenoxy) is 3. The van der Waals surface area contributed by atoms with Crippen LogP contribution in [0.5, 0.6) is 17.2 Å². The van der Waals surface area contributed by atoms with Gasteiger partial charge in [0.15, 0.2) is 5.11 Å². The van der Waals surface area contributed by atoms with Gasteiger partial charge in [-0.15, -0.1) is 0 Å². The number of benzene rings is 2. The smallest absolute Gasteiger partial charge is 0.171 e. The number of rotatable bonds is 6. The maximum Gasteiger partial charge on any atom is 0.171 e. The van der Waals surface area contributed by atoms with Crippen molar-refractivity contribution in [2.45, 2.75) is 31.9 Å². The summed E-state index contributed by atoms with van der Waals surface area (Å²) in [6, 6.07) is 13.6. The predicted molar refractivity (Wildman–Crippen MR) is 117 cm³/mol. The van der Waals surface area contributed by atoms with Crippen LogP contribution in [0, 0.1) is 0 Å². The van der Waals surface area contributed by atoms with E-state index >= 15 is 0 Å². The van der Waals surface area contributed by atoms with Gasteiger partial charge in [-0.05, 0) is 50.3 Å². The molecule has 0 saturated heterocycles. The van der Waals surface area contributed by atoms with Crippen LogP contribution in [0.2, 0.25) is 0 Å². The molecule has 1 heterocycles. The second-order valence-electron chi connectivity index (χ2n) is 7.25. The van der Waals surface area contributed by atoms with Crippen molar-refractivity contribution in [2.75, 3.05) is 19.0 Å². The van der Waals surface area contributed by atoms with E-state index in [9.17, 15) is 0 Å². The fraction of sp³-hybridized carbons (Fsp3) is 0.318. The van der Waals surface area contributed by atoms with Gasteiger partial charge in [0, 0.05) is 29.8 Å². The summed E-state index contributed by atoms with van der Waals surface area (Å²) >= 11 is 5.56. The molecule has 2 N–H and O–H groups in total. The second-order valence-corrected chi connectivity index (χ2v) is 7.66. The van der Waals surface area contributed by atoms with Gasteiger partial charge >= 0.3 is 0 Å². The van der Waals surface area contributed by atoms with Crippen molar-refractivity contribution in [1.29, 1.82) is 0 Å². The summed E-state index contributed by atoms with van der Waals surface area (Å²) in [4.78, 5) is 0. The maximum absolute atomic E-state index is 6.14. The van der Waals surface area contributed by atoms with Gasteiger partial charge in [0.1, 0.15) is 29.5 Å². The van der Waals surface area contributed by atoms with E-state index < -0.39 is 0 Å². The second kappa shape index (κ2) is 8.52. The molecule has 0 spiro atoms. The lowest BCUT2D eigenvalue weighted by Gasteiger charge is -2.38. The molecule has 1 atom stereocenters. The monoisotopic (exact) mass is 398 g/mol. The van der Waals surface area contributed by atoms with Gasteiger partial charge in [-0.3, -0.25) is 0 Å². The Morgan fingerprint density at radius 2 is 2.11 bits per heavy atom. The summed E-state index contributed by atoms with van der Waals surface area (Å²) in [5.74, 6) is 2.35. The molecule has 6 heteroatoms. The summed E-state index contributed by atoms with van der Waals surface area (Å²) in [7, 11) is 1.65. The Kier molecular flexibility index (Phi) is 6.09. The van der Waals surface area contributed by atoms with E-state index in [1.165, 1.54) is 0 Å². The van der Waals surface area contributed by atoms with Crippen molar-refractivity contribution in [1.82, 2.24) is 5.32 Å². The molecule has 0 aliphatic carbocycles. The van der Waals surface area contributed by atoms with Gasteiger partial charge in [0.05, 0.1) is 13.2 Å². The molecular weight excluding hydrogens is 372 g/mol. The number of methoxy groups -OCH3 is 1. The van der Waals surface area contributed by atoms with Crippen LogP contribution in [0.1, 0.15) is 31.9 Å². The molecule has 0 amide bonds. The van der Waals surface area contributed by atoms with E-state index in [0.29, 0.717) is 11.7 Å². The Hall–Kier alpha value is -2.73. The zero-order valence-corrected chi connectivity index (χ0v) is 17.3. The van der Waals surface area contributed by atoms with E-state index in [1.807, 2.05) is 42.5 Å². The van der Waals surface area contributed by atoms with Crippen molar-refractivity contribution in [3.8, 4) is 17.2 Å². The van der Waals surface area contributed by atoms with Crippen LogP contribution in [-0.4, -0.2) is 24.4 Å². The number of hydrogen-bond acceptors (Lipinski definition) is 4. The Labute approximate surface area is 171 Å². The first-order chi connectivity index (χ1) is 13.4. The topological polar surface area (TPSA) is 51.8 Å². The highest BCUT2D eigenvalue weighted by Gasteiger charge is 2.34. The third-order valence-electron chi connectivity index (χ3n) is 4.44. The van der Waals surface area contributed by atoms with Gasteiger partial charge in [-0.25, -0.2) is 0 Å². The summed E-state index contributed by atoms with van der Waals surface area (Å²) in [6.07, 6.45) is 2.50. The van der Waals surface area contributed by atoms with Crippen LogP contribution in [0.15, 0.2) is 55.1 Å². The van der Waals surface area contributed by atoms with E-state index in [-0.39, 0.29) is 11.6 Å². The number of fused-ring (bicyclic) bond motifs is 1. The minimum Gasteiger partial charge on any atom is -0.497 e. The molecule has 0 aromatic heterocycles. The SMILES string of the molecule is C=CCOc1cccc(NC(=S)N[C@H]2CC(C)(C)Oc3cc(OC)ccc32)c1. The van der Waals surface area contributed by atoms with Crippen LogP contribution in [0.3, 0.4) is 0 Å². The highest BCUT2D eigenvalue weighted by molar-refractivity contribution is 7.80. The first kappa shape index (κ1) is 20.0. The number of thiocarbonyl (C=S) groups is 1. The molecule has 2 aromatic rings. The first-order valence-corrected chi connectivity index (χ1v) is 9.59. The highest BCUT2D eigenvalue weighted by Crippen LogP contribution is 2.41. The Balaban J connectivity index is 1.72. The number of anilines is 1. The highest BCUT2D eigenvalue weighted by atomic mass is 32.1. The van der Waals surface area contributed by atoms with Crippen LogP contribution < -0.4 is 24.8 Å². The van der Waals surface area contributed by atoms with Crippen LogP contribution in [0.4, 0.5) is 5.69 Å². The lowest BCUT2D eigenvalue weighted by molar-refractivity contribution is 0.0693. The van der Waals surface area contributed by atoms with Crippen LogP contribution in [-0.2, 0) is 0 Å². The minimum atomic E-state index is -0.314. The lowest BCUT2D eigenvalue weighted by atomic mass is 9.89. The van der Waals surface area contributed by atoms with E-state index in [0.717, 1.165) is 34.9 Å². The van der Waals surface area contributed by atoms with Crippen molar-refractivity contribution >= 4 is 23.0 Å². The van der Waals surface area contributed by atoms with Crippen LogP contribution >= 0.6 is 12.2 Å². The third-order valence-corrected chi connectivity index (χ3v) is 4.66. The van der Waals surface area contributed by atoms with Gasteiger partial charge in [0.25, 0.3) is 0 Å². The van der Waals surface area contributed by atoms with Gasteiger partial charge in [-0.2, -0.15) is 0 Å². The summed E-state index contributed by atoms with van der Waals surface area (Å²) in [5, 5.41) is 7.20. The Morgan fingerprint density at radius 1 is 1.29 bits per heavy atom. The molecule has 1 aliphatic rings. The van der Waals surface area contributed by atoms with E-state index in [4.69, 9.17) is 26.4 Å². The fourth-order valence-electron chi connectivity index (χ4n) is 3.23. The molecule has 28 heavy (non-hydrogen) atoms. The van der Waals surface area contributed by atoms with Crippen molar-refractivity contribution < 1.29 is 14.2 Å². The molecule has 2 aromatic carbocycles. The average Bonchev–Trinajstić information content (AvgIpc) is 2.65. The zero-order chi connectivity index (χ0) is 20.1. The molecule has 0 unspecified atom stereocenters. The van der Waals surface area contributed by atoms with Gasteiger partial charge < -0.3 is 24.8 Å². The minimum absolute atomic E-state index is 0.0323. The largest absolute Gasteiger partial charge is 0.497 e. The predicted octanol–water partition coefficient (Wildman–Crippen LogP) is 4.85. The molecule has 0 bridgehead atoms. The van der Waals surface area contributed by atoms with Gasteiger partial charge in [-0.1, -0.05) is 18.7 Å². The average molecular weight is 399 g/mol. The molecule has 0 radical (unpaired) electrons. The summed E-state index contributed by atoms with van der Waals surface area (Å²) < 4.78 is 17.0. The van der Waals surface area contributed by atoms with Crippen LogP contribution in [0.25, 0.3) is 0 Å². The summed E-state index contributed by atoms with van der Waals surface area (Å²) in [5.41, 5.74) is 1.61. The van der Waals surface area contributed by atoms with Gasteiger partial charge in [0.2, 0.25) is 0 Å². The van der Waals surface area contributed by atoms with Crippen molar-refractivity contribution in [3.05, 3.63) is 60.7 Å². The van der Waals surface area contributed by atoms with Crippen molar-refractivity contribution in [2.24, 2.45) is 0 Å². The molecule has 3 rings (SSSR count). The third kappa shape index (κ3) is 4.95. The first-order valence-electron chi connectivity index (χ1n) is 9.18. The molecule has 5 nitrogen and oxygen atoms in total. The van der Waals surface area contributed by atoms with Crippen molar-refractivity contribution in [3.63, 3.8) is 0 Å². The normalized spacial score (nSPS) is 16.9. The zero-order valence-electron chi connectivity index (χ0n) is 16.5. The van der Waals surface area contributed by atoms with E-state index in [2.05, 4.69) is 31.1 Å². The number of nitrogens with one attached hydrogen (secondary N) is 2.